The largest absolute Gasteiger partial charge is 0.368 e. The standard InChI is InChI=1S/C30H28N2O2/c31-28(33)27(22-21-23-13-5-1-6-14-23)32-29(34)30(24-15-7-2-8-16-24,25-17-9-3-10-18-25)26-19-11-4-12-20-26/h1-20,27H,21-22H2,(H2,31,33)(H,32,34)/t27-/m0/s1. The topological polar surface area (TPSA) is 72.2 Å². The second-order valence-corrected chi connectivity index (χ2v) is 8.30. The fourth-order valence-electron chi connectivity index (χ4n) is 4.47. The van der Waals surface area contributed by atoms with E-state index in [-0.39, 0.29) is 5.91 Å². The Balaban J connectivity index is 1.78. The van der Waals surface area contributed by atoms with Crippen molar-refractivity contribution in [3.8, 4) is 0 Å². The van der Waals surface area contributed by atoms with Crippen molar-refractivity contribution in [2.24, 2.45) is 5.73 Å². The van der Waals surface area contributed by atoms with Crippen molar-refractivity contribution in [1.82, 2.24) is 5.32 Å². The molecule has 0 aliphatic rings. The van der Waals surface area contributed by atoms with E-state index in [2.05, 4.69) is 5.32 Å². The molecule has 0 unspecified atom stereocenters. The van der Waals surface area contributed by atoms with Crippen LogP contribution in [0.25, 0.3) is 0 Å². The maximum absolute atomic E-state index is 14.3. The zero-order valence-corrected chi connectivity index (χ0v) is 18.9. The van der Waals surface area contributed by atoms with Crippen molar-refractivity contribution in [3.63, 3.8) is 0 Å². The van der Waals surface area contributed by atoms with E-state index in [1.54, 1.807) is 0 Å². The third kappa shape index (κ3) is 4.76. The number of carbonyl (C=O) groups is 2. The number of rotatable bonds is 9. The van der Waals surface area contributed by atoms with Gasteiger partial charge in [-0.15, -0.1) is 0 Å². The summed E-state index contributed by atoms with van der Waals surface area (Å²) >= 11 is 0. The van der Waals surface area contributed by atoms with Gasteiger partial charge in [-0.3, -0.25) is 9.59 Å². The lowest BCUT2D eigenvalue weighted by Crippen LogP contribution is -2.53. The minimum atomic E-state index is -1.15. The smallest absolute Gasteiger partial charge is 0.240 e. The number of primary amides is 1. The fraction of sp³-hybridized carbons (Fsp3) is 0.133. The zero-order valence-electron chi connectivity index (χ0n) is 18.9. The highest BCUT2D eigenvalue weighted by Gasteiger charge is 2.44. The lowest BCUT2D eigenvalue weighted by molar-refractivity contribution is -0.129. The number of aryl methyl sites for hydroxylation is 1. The van der Waals surface area contributed by atoms with E-state index in [4.69, 9.17) is 5.73 Å². The first kappa shape index (κ1) is 23.0. The van der Waals surface area contributed by atoms with Crippen molar-refractivity contribution < 1.29 is 9.59 Å². The molecule has 0 aliphatic heterocycles. The van der Waals surface area contributed by atoms with E-state index in [0.717, 1.165) is 22.3 Å². The third-order valence-electron chi connectivity index (χ3n) is 6.17. The first-order valence-electron chi connectivity index (χ1n) is 11.4. The lowest BCUT2D eigenvalue weighted by atomic mass is 9.68. The maximum Gasteiger partial charge on any atom is 0.240 e. The van der Waals surface area contributed by atoms with Crippen LogP contribution in [0.15, 0.2) is 121 Å². The van der Waals surface area contributed by atoms with Gasteiger partial charge in [-0.1, -0.05) is 121 Å². The SMILES string of the molecule is NC(=O)[C@H](CCc1ccccc1)NC(=O)C(c1ccccc1)(c1ccccc1)c1ccccc1. The van der Waals surface area contributed by atoms with E-state index in [1.165, 1.54) is 0 Å². The van der Waals surface area contributed by atoms with Crippen LogP contribution in [0.3, 0.4) is 0 Å². The Morgan fingerprint density at radius 3 is 1.41 bits per heavy atom. The molecule has 4 nitrogen and oxygen atoms in total. The highest BCUT2D eigenvalue weighted by atomic mass is 16.2. The second-order valence-electron chi connectivity index (χ2n) is 8.30. The number of carbonyl (C=O) groups excluding carboxylic acids is 2. The molecule has 0 heterocycles. The summed E-state index contributed by atoms with van der Waals surface area (Å²) in [7, 11) is 0. The zero-order chi connectivity index (χ0) is 23.8. The Labute approximate surface area is 200 Å². The monoisotopic (exact) mass is 448 g/mol. The van der Waals surface area contributed by atoms with Crippen molar-refractivity contribution in [2.45, 2.75) is 24.3 Å². The summed E-state index contributed by atoms with van der Waals surface area (Å²) < 4.78 is 0. The predicted molar refractivity (Wildman–Crippen MR) is 135 cm³/mol. The molecule has 0 saturated carbocycles. The van der Waals surface area contributed by atoms with Crippen LogP contribution in [0.1, 0.15) is 28.7 Å². The van der Waals surface area contributed by atoms with E-state index in [0.29, 0.717) is 12.8 Å². The van der Waals surface area contributed by atoms with Gasteiger partial charge < -0.3 is 11.1 Å². The number of amides is 2. The Hall–Kier alpha value is -4.18. The molecule has 0 aromatic heterocycles. The normalized spacial score (nSPS) is 12.0. The van der Waals surface area contributed by atoms with Gasteiger partial charge in [0.1, 0.15) is 11.5 Å². The molecular weight excluding hydrogens is 420 g/mol. The number of benzene rings is 4. The van der Waals surface area contributed by atoms with Gasteiger partial charge in [-0.05, 0) is 35.1 Å². The number of nitrogens with two attached hydrogens (primary N) is 1. The summed E-state index contributed by atoms with van der Waals surface area (Å²) in [4.78, 5) is 26.7. The molecule has 2 amide bonds. The number of hydrogen-bond acceptors (Lipinski definition) is 2. The maximum atomic E-state index is 14.3. The van der Waals surface area contributed by atoms with E-state index < -0.39 is 17.4 Å². The molecule has 34 heavy (non-hydrogen) atoms. The minimum absolute atomic E-state index is 0.284. The van der Waals surface area contributed by atoms with E-state index >= 15 is 0 Å². The van der Waals surface area contributed by atoms with Crippen LogP contribution in [0.4, 0.5) is 0 Å². The summed E-state index contributed by atoms with van der Waals surface area (Å²) in [5.74, 6) is -0.833. The van der Waals surface area contributed by atoms with Crippen molar-refractivity contribution in [1.29, 1.82) is 0 Å². The molecule has 0 bridgehead atoms. The first-order valence-corrected chi connectivity index (χ1v) is 11.4. The molecule has 4 rings (SSSR count). The van der Waals surface area contributed by atoms with Gasteiger partial charge in [-0.25, -0.2) is 0 Å². The summed E-state index contributed by atoms with van der Waals surface area (Å²) in [6.45, 7) is 0. The van der Waals surface area contributed by atoms with Gasteiger partial charge in [0.05, 0.1) is 0 Å². The van der Waals surface area contributed by atoms with Crippen LogP contribution in [0, 0.1) is 0 Å². The van der Waals surface area contributed by atoms with Gasteiger partial charge in [-0.2, -0.15) is 0 Å². The number of nitrogens with one attached hydrogen (secondary N) is 1. The fourth-order valence-corrected chi connectivity index (χ4v) is 4.47. The lowest BCUT2D eigenvalue weighted by Gasteiger charge is -2.35. The van der Waals surface area contributed by atoms with Crippen LogP contribution in [0.2, 0.25) is 0 Å². The molecule has 0 fully saturated rings. The molecule has 0 radical (unpaired) electrons. The van der Waals surface area contributed by atoms with Crippen LogP contribution < -0.4 is 11.1 Å². The predicted octanol–water partition coefficient (Wildman–Crippen LogP) is 4.62. The van der Waals surface area contributed by atoms with Crippen LogP contribution in [0.5, 0.6) is 0 Å². The van der Waals surface area contributed by atoms with Gasteiger partial charge >= 0.3 is 0 Å². The van der Waals surface area contributed by atoms with E-state index in [1.807, 2.05) is 121 Å². The Morgan fingerprint density at radius 2 is 1.03 bits per heavy atom. The van der Waals surface area contributed by atoms with Crippen molar-refractivity contribution in [3.05, 3.63) is 144 Å². The molecule has 0 aliphatic carbocycles. The van der Waals surface area contributed by atoms with Crippen molar-refractivity contribution in [2.75, 3.05) is 0 Å². The van der Waals surface area contributed by atoms with Gasteiger partial charge in [0.25, 0.3) is 0 Å². The Bertz CT molecular complexity index is 1110. The molecule has 4 aromatic carbocycles. The molecule has 4 aromatic rings. The molecule has 1 atom stereocenters. The summed E-state index contributed by atoms with van der Waals surface area (Å²) in [5, 5.41) is 3.01. The molecule has 0 spiro atoms. The summed E-state index contributed by atoms with van der Waals surface area (Å²) in [6, 6.07) is 38.0. The quantitative estimate of drug-likeness (QED) is 0.367. The third-order valence-corrected chi connectivity index (χ3v) is 6.17. The van der Waals surface area contributed by atoms with Gasteiger partial charge in [0.15, 0.2) is 0 Å². The first-order chi connectivity index (χ1) is 16.6. The highest BCUT2D eigenvalue weighted by molar-refractivity contribution is 5.98. The Kier molecular flexibility index (Phi) is 7.19. The van der Waals surface area contributed by atoms with E-state index in [9.17, 15) is 9.59 Å². The molecule has 170 valence electrons. The number of hydrogen-bond donors (Lipinski definition) is 2. The van der Waals surface area contributed by atoms with Gasteiger partial charge in [0.2, 0.25) is 11.8 Å². The molecule has 3 N–H and O–H groups in total. The van der Waals surface area contributed by atoms with Gasteiger partial charge in [0, 0.05) is 0 Å². The average molecular weight is 449 g/mol. The Morgan fingerprint density at radius 1 is 0.647 bits per heavy atom. The van der Waals surface area contributed by atoms with Crippen LogP contribution in [-0.4, -0.2) is 17.9 Å². The van der Waals surface area contributed by atoms with Crippen LogP contribution >= 0.6 is 0 Å². The minimum Gasteiger partial charge on any atom is -0.368 e. The second kappa shape index (κ2) is 10.6. The average Bonchev–Trinajstić information content (AvgIpc) is 2.89. The summed E-state index contributed by atoms with van der Waals surface area (Å²) in [6.07, 6.45) is 1.04. The molecule has 0 saturated heterocycles. The summed E-state index contributed by atoms with van der Waals surface area (Å²) in [5.41, 5.74) is 8.14. The van der Waals surface area contributed by atoms with Crippen LogP contribution in [-0.2, 0) is 21.4 Å². The highest BCUT2D eigenvalue weighted by Crippen LogP contribution is 2.39. The van der Waals surface area contributed by atoms with Crippen molar-refractivity contribution >= 4 is 11.8 Å². The molecule has 4 heteroatoms. The molecular formula is C30H28N2O2.